The number of carbonyl (C=O) groups is 1. The van der Waals surface area contributed by atoms with Crippen LogP contribution in [0.4, 0.5) is 10.2 Å². The Labute approximate surface area is 156 Å². The molecule has 3 rings (SSSR count). The van der Waals surface area contributed by atoms with Crippen LogP contribution in [0.15, 0.2) is 59.5 Å². The van der Waals surface area contributed by atoms with E-state index in [1.807, 2.05) is 6.92 Å². The van der Waals surface area contributed by atoms with E-state index in [2.05, 4.69) is 9.71 Å². The Morgan fingerprint density at radius 2 is 1.70 bits per heavy atom. The number of carbonyl (C=O) groups excluding carboxylic acids is 1. The lowest BCUT2D eigenvalue weighted by Gasteiger charge is -2.06. The number of aryl methyl sites for hydroxylation is 1. The zero-order valence-corrected chi connectivity index (χ0v) is 15.4. The van der Waals surface area contributed by atoms with Crippen LogP contribution in [-0.4, -0.2) is 26.5 Å². The molecule has 6 nitrogen and oxygen atoms in total. The third-order valence-corrected chi connectivity index (χ3v) is 5.32. The summed E-state index contributed by atoms with van der Waals surface area (Å²) in [6, 6.07) is 13.3. The molecule has 0 bridgehead atoms. The van der Waals surface area contributed by atoms with Gasteiger partial charge in [0.15, 0.2) is 0 Å². The van der Waals surface area contributed by atoms with Crippen molar-refractivity contribution in [3.8, 4) is 11.1 Å². The van der Waals surface area contributed by atoms with Gasteiger partial charge in [-0.25, -0.2) is 17.6 Å². The van der Waals surface area contributed by atoms with E-state index in [-0.39, 0.29) is 16.4 Å². The Morgan fingerprint density at radius 3 is 2.30 bits per heavy atom. The van der Waals surface area contributed by atoms with Crippen LogP contribution in [0.25, 0.3) is 11.1 Å². The molecular formula is C19H17FN2O4S. The van der Waals surface area contributed by atoms with E-state index >= 15 is 0 Å². The van der Waals surface area contributed by atoms with Gasteiger partial charge < -0.3 is 9.72 Å². The maximum atomic E-state index is 13.2. The molecule has 1 heterocycles. The first kappa shape index (κ1) is 18.7. The van der Waals surface area contributed by atoms with Crippen molar-refractivity contribution in [2.75, 3.05) is 11.8 Å². The molecule has 27 heavy (non-hydrogen) atoms. The minimum absolute atomic E-state index is 0.0608. The van der Waals surface area contributed by atoms with Gasteiger partial charge in [-0.3, -0.25) is 4.72 Å². The first-order valence-electron chi connectivity index (χ1n) is 7.97. The van der Waals surface area contributed by atoms with Crippen LogP contribution < -0.4 is 4.72 Å². The summed E-state index contributed by atoms with van der Waals surface area (Å²) in [6.07, 6.45) is 0. The number of aromatic amines is 1. The molecule has 0 saturated carbocycles. The number of methoxy groups -OCH3 is 1. The lowest BCUT2D eigenvalue weighted by molar-refractivity contribution is 0.0596. The van der Waals surface area contributed by atoms with Gasteiger partial charge in [0.25, 0.3) is 10.0 Å². The summed E-state index contributed by atoms with van der Waals surface area (Å²) in [4.78, 5) is 14.9. The third-order valence-electron chi connectivity index (χ3n) is 3.94. The van der Waals surface area contributed by atoms with Gasteiger partial charge in [-0.1, -0.05) is 29.8 Å². The molecule has 1 aromatic heterocycles. The van der Waals surface area contributed by atoms with Gasteiger partial charge >= 0.3 is 5.97 Å². The summed E-state index contributed by atoms with van der Waals surface area (Å²) in [5.41, 5.74) is 1.92. The van der Waals surface area contributed by atoms with Crippen molar-refractivity contribution in [2.45, 2.75) is 11.8 Å². The summed E-state index contributed by atoms with van der Waals surface area (Å²) in [6.45, 7) is 1.85. The zero-order valence-electron chi connectivity index (χ0n) is 14.6. The highest BCUT2D eigenvalue weighted by Crippen LogP contribution is 2.29. The predicted octanol–water partition coefficient (Wildman–Crippen LogP) is 3.72. The van der Waals surface area contributed by atoms with Gasteiger partial charge in [0.2, 0.25) is 0 Å². The fraction of sp³-hybridized carbons (Fsp3) is 0.105. The smallest absolute Gasteiger partial charge is 0.355 e. The van der Waals surface area contributed by atoms with Crippen molar-refractivity contribution in [1.82, 2.24) is 4.98 Å². The number of halogens is 1. The number of esters is 1. The SMILES string of the molecule is COC(=O)c1[nH]c(NS(=O)(=O)c2ccc(C)cc2)cc1-c1ccc(F)cc1. The molecule has 0 atom stereocenters. The Hall–Kier alpha value is -3.13. The van der Waals surface area contributed by atoms with Gasteiger partial charge in [-0.15, -0.1) is 0 Å². The maximum absolute atomic E-state index is 13.2. The van der Waals surface area contributed by atoms with Gasteiger partial charge in [0.1, 0.15) is 17.3 Å². The molecule has 2 aromatic carbocycles. The molecule has 0 unspecified atom stereocenters. The number of sulfonamides is 1. The number of nitrogens with one attached hydrogen (secondary N) is 2. The summed E-state index contributed by atoms with van der Waals surface area (Å²) in [7, 11) is -2.63. The largest absolute Gasteiger partial charge is 0.464 e. The Bertz CT molecular complexity index is 1070. The van der Waals surface area contributed by atoms with Gasteiger partial charge in [0.05, 0.1) is 12.0 Å². The molecule has 0 radical (unpaired) electrons. The summed E-state index contributed by atoms with van der Waals surface area (Å²) >= 11 is 0. The molecule has 0 spiro atoms. The second-order valence-electron chi connectivity index (χ2n) is 5.89. The number of hydrogen-bond acceptors (Lipinski definition) is 4. The standard InChI is InChI=1S/C19H17FN2O4S/c1-12-3-9-15(10-4-12)27(24,25)22-17-11-16(18(21-17)19(23)26-2)13-5-7-14(20)8-6-13/h3-11,21-22H,1-2H3. The van der Waals surface area contributed by atoms with Crippen LogP contribution in [0.3, 0.4) is 0 Å². The predicted molar refractivity (Wildman–Crippen MR) is 99.5 cm³/mol. The third kappa shape index (κ3) is 4.01. The van der Waals surface area contributed by atoms with Gasteiger partial charge in [0, 0.05) is 5.56 Å². The molecule has 0 fully saturated rings. The molecule has 140 valence electrons. The first-order chi connectivity index (χ1) is 12.8. The first-order valence-corrected chi connectivity index (χ1v) is 9.45. The summed E-state index contributed by atoms with van der Waals surface area (Å²) in [5.74, 6) is -1.00. The number of hydrogen-bond donors (Lipinski definition) is 2. The number of H-pyrrole nitrogens is 1. The van der Waals surface area contributed by atoms with Crippen LogP contribution in [0.2, 0.25) is 0 Å². The summed E-state index contributed by atoms with van der Waals surface area (Å²) in [5, 5.41) is 0. The highest BCUT2D eigenvalue weighted by molar-refractivity contribution is 7.92. The van der Waals surface area contributed by atoms with Crippen molar-refractivity contribution in [1.29, 1.82) is 0 Å². The number of aromatic nitrogens is 1. The van der Waals surface area contributed by atoms with Crippen molar-refractivity contribution in [3.63, 3.8) is 0 Å². The Kier molecular flexibility index (Phi) is 5.00. The van der Waals surface area contributed by atoms with Crippen molar-refractivity contribution in [3.05, 3.63) is 71.7 Å². The lowest BCUT2D eigenvalue weighted by Crippen LogP contribution is -2.13. The monoisotopic (exact) mass is 388 g/mol. The van der Waals surface area contributed by atoms with Crippen LogP contribution >= 0.6 is 0 Å². The van der Waals surface area contributed by atoms with Gasteiger partial charge in [-0.2, -0.15) is 0 Å². The maximum Gasteiger partial charge on any atom is 0.355 e. The van der Waals surface area contributed by atoms with E-state index in [9.17, 15) is 17.6 Å². The highest BCUT2D eigenvalue weighted by Gasteiger charge is 2.21. The van der Waals surface area contributed by atoms with Crippen LogP contribution in [0.1, 0.15) is 16.1 Å². The van der Waals surface area contributed by atoms with Crippen molar-refractivity contribution < 1.29 is 22.3 Å². The Morgan fingerprint density at radius 1 is 1.07 bits per heavy atom. The number of anilines is 1. The molecule has 0 saturated heterocycles. The minimum atomic E-state index is -3.85. The number of rotatable bonds is 5. The minimum Gasteiger partial charge on any atom is -0.464 e. The molecular weight excluding hydrogens is 371 g/mol. The van der Waals surface area contributed by atoms with E-state index in [1.54, 1.807) is 12.1 Å². The molecule has 2 N–H and O–H groups in total. The average molecular weight is 388 g/mol. The van der Waals surface area contributed by atoms with E-state index in [4.69, 9.17) is 4.74 Å². The molecule has 3 aromatic rings. The Balaban J connectivity index is 2.00. The van der Waals surface area contributed by atoms with Crippen LogP contribution in [0, 0.1) is 12.7 Å². The van der Waals surface area contributed by atoms with Gasteiger partial charge in [-0.05, 0) is 42.8 Å². The molecule has 0 amide bonds. The molecule has 0 aliphatic heterocycles. The fourth-order valence-electron chi connectivity index (χ4n) is 2.55. The fourth-order valence-corrected chi connectivity index (χ4v) is 3.56. The number of ether oxygens (including phenoxy) is 1. The second-order valence-corrected chi connectivity index (χ2v) is 7.57. The quantitative estimate of drug-likeness (QED) is 0.652. The zero-order chi connectivity index (χ0) is 19.6. The molecule has 0 aliphatic rings. The van der Waals surface area contributed by atoms with E-state index < -0.39 is 21.8 Å². The van der Waals surface area contributed by atoms with Crippen LogP contribution in [-0.2, 0) is 14.8 Å². The van der Waals surface area contributed by atoms with E-state index in [1.165, 1.54) is 49.6 Å². The van der Waals surface area contributed by atoms with Crippen molar-refractivity contribution >= 4 is 21.8 Å². The molecule has 0 aliphatic carbocycles. The topological polar surface area (TPSA) is 88.3 Å². The lowest BCUT2D eigenvalue weighted by atomic mass is 10.1. The average Bonchev–Trinajstić information content (AvgIpc) is 3.05. The summed E-state index contributed by atoms with van der Waals surface area (Å²) < 4.78 is 45.4. The van der Waals surface area contributed by atoms with Crippen molar-refractivity contribution in [2.24, 2.45) is 0 Å². The normalized spacial score (nSPS) is 11.2. The number of benzene rings is 2. The van der Waals surface area contributed by atoms with Crippen LogP contribution in [0.5, 0.6) is 0 Å². The highest BCUT2D eigenvalue weighted by atomic mass is 32.2. The van der Waals surface area contributed by atoms with E-state index in [0.717, 1.165) is 5.56 Å². The molecule has 8 heteroatoms. The van der Waals surface area contributed by atoms with E-state index in [0.29, 0.717) is 11.1 Å². The second kappa shape index (κ2) is 7.24.